The Bertz CT molecular complexity index is 1800. The number of benzene rings is 1. The zero-order valence-electron chi connectivity index (χ0n) is 29.9. The SMILES string of the molecule is CC1(C)OC2C(n3ccc4c(CC5CC5)ncnc43)CC(CNCCCCc3nc4ccc(C(F)(F)F)cc4n3COCC[Si](C)(C)C)[C@H]2O1. The molecule has 1 N–H and O–H groups in total. The van der Waals surface area contributed by atoms with Crippen molar-refractivity contribution in [2.45, 2.75) is 121 Å². The summed E-state index contributed by atoms with van der Waals surface area (Å²) < 4.78 is 63.8. The molecule has 0 spiro atoms. The lowest BCUT2D eigenvalue weighted by molar-refractivity contribution is -0.160. The van der Waals surface area contributed by atoms with Crippen LogP contribution in [0.1, 0.15) is 69.1 Å². The summed E-state index contributed by atoms with van der Waals surface area (Å²) in [6.45, 7) is 13.2. The third-order valence-electron chi connectivity index (χ3n) is 10.5. The van der Waals surface area contributed by atoms with Crippen molar-refractivity contribution in [3.05, 3.63) is 53.9 Å². The lowest BCUT2D eigenvalue weighted by atomic mass is 10.1. The molecular weight excluding hydrogens is 662 g/mol. The number of halogens is 3. The molecule has 1 aliphatic heterocycles. The molecule has 1 saturated heterocycles. The van der Waals surface area contributed by atoms with Crippen molar-refractivity contribution in [2.75, 3.05) is 19.7 Å². The van der Waals surface area contributed by atoms with E-state index < -0.39 is 25.6 Å². The van der Waals surface area contributed by atoms with Gasteiger partial charge in [0.2, 0.25) is 0 Å². The fourth-order valence-electron chi connectivity index (χ4n) is 7.62. The predicted octanol–water partition coefficient (Wildman–Crippen LogP) is 7.76. The Morgan fingerprint density at radius 3 is 2.62 bits per heavy atom. The van der Waals surface area contributed by atoms with Crippen molar-refractivity contribution >= 4 is 30.1 Å². The van der Waals surface area contributed by atoms with Crippen LogP contribution < -0.4 is 5.32 Å². The van der Waals surface area contributed by atoms with Gasteiger partial charge in [-0.05, 0) is 95.1 Å². The van der Waals surface area contributed by atoms with Gasteiger partial charge in [0.25, 0.3) is 0 Å². The molecule has 3 aliphatic rings. The number of aryl methyl sites for hydroxylation is 1. The Balaban J connectivity index is 0.966. The first-order valence-corrected chi connectivity index (χ1v) is 22.0. The summed E-state index contributed by atoms with van der Waals surface area (Å²) >= 11 is 0. The fourth-order valence-corrected chi connectivity index (χ4v) is 8.37. The van der Waals surface area contributed by atoms with Crippen molar-refractivity contribution in [1.82, 2.24) is 29.4 Å². The van der Waals surface area contributed by atoms with Gasteiger partial charge in [0.1, 0.15) is 30.6 Å². The van der Waals surface area contributed by atoms with E-state index in [1.165, 1.54) is 25.0 Å². The van der Waals surface area contributed by atoms with E-state index in [0.29, 0.717) is 24.1 Å². The Morgan fingerprint density at radius 2 is 1.86 bits per heavy atom. The van der Waals surface area contributed by atoms with Crippen LogP contribution in [-0.4, -0.2) is 69.9 Å². The fraction of sp³-hybridized carbons (Fsp3) is 0.649. The number of rotatable bonds is 15. The first-order chi connectivity index (χ1) is 23.8. The van der Waals surface area contributed by atoms with Crippen LogP contribution in [0.15, 0.2) is 36.8 Å². The molecule has 1 aromatic carbocycles. The maximum atomic E-state index is 13.6. The average molecular weight is 713 g/mol. The number of hydrogen-bond acceptors (Lipinski definition) is 7. The highest BCUT2D eigenvalue weighted by Gasteiger charge is 2.54. The Morgan fingerprint density at radius 1 is 1.06 bits per heavy atom. The minimum atomic E-state index is -4.41. The highest BCUT2D eigenvalue weighted by atomic mass is 28.3. The van der Waals surface area contributed by atoms with Crippen LogP contribution in [0.5, 0.6) is 0 Å². The summed E-state index contributed by atoms with van der Waals surface area (Å²) in [5.41, 5.74) is 2.48. The number of fused-ring (bicyclic) bond motifs is 3. The minimum Gasteiger partial charge on any atom is -0.361 e. The van der Waals surface area contributed by atoms with E-state index in [-0.39, 0.29) is 30.9 Å². The highest BCUT2D eigenvalue weighted by molar-refractivity contribution is 6.76. The number of ether oxygens (including phenoxy) is 3. The molecule has 0 amide bonds. The van der Waals surface area contributed by atoms with Crippen LogP contribution in [0.2, 0.25) is 25.7 Å². The summed E-state index contributed by atoms with van der Waals surface area (Å²) in [6, 6.07) is 7.05. The van der Waals surface area contributed by atoms with Gasteiger partial charge < -0.3 is 28.7 Å². The molecule has 2 saturated carbocycles. The second-order valence-corrected chi connectivity index (χ2v) is 21.8. The zero-order chi connectivity index (χ0) is 35.3. The van der Waals surface area contributed by atoms with Crippen LogP contribution in [-0.2, 0) is 40.0 Å². The number of aromatic nitrogens is 5. The van der Waals surface area contributed by atoms with Gasteiger partial charge in [0.15, 0.2) is 5.79 Å². The van der Waals surface area contributed by atoms with Crippen molar-refractivity contribution in [2.24, 2.45) is 11.8 Å². The van der Waals surface area contributed by atoms with Crippen LogP contribution >= 0.6 is 0 Å². The smallest absolute Gasteiger partial charge is 0.361 e. The molecule has 2 aliphatic carbocycles. The lowest BCUT2D eigenvalue weighted by Crippen LogP contribution is -2.33. The molecule has 9 nitrogen and oxygen atoms in total. The normalized spacial score (nSPS) is 23.8. The standard InChI is InChI=1S/C37H51F3N6O3Si/c1-36(2)48-33-25(19-31(34(33)49-36)45-15-13-27-29(18-24-9-10-24)42-22-43-35(27)45)21-41-14-7-6-8-32-44-28-12-11-26(37(38,39)40)20-30(28)46(32)23-47-16-17-50(3,4)5/h11-13,15,20,22,24-25,31,33-34,41H,6-10,14,16-19,21,23H2,1-5H3/t25?,31?,33-,34?/m1/s1. The Hall–Kier alpha value is -2.84. The summed E-state index contributed by atoms with van der Waals surface area (Å²) in [4.78, 5) is 14.1. The van der Waals surface area contributed by atoms with Gasteiger partial charge in [0, 0.05) is 45.1 Å². The van der Waals surface area contributed by atoms with Crippen molar-refractivity contribution < 1.29 is 27.4 Å². The molecule has 3 fully saturated rings. The van der Waals surface area contributed by atoms with Gasteiger partial charge in [0.05, 0.1) is 34.4 Å². The molecule has 7 rings (SSSR count). The number of nitrogens with one attached hydrogen (secondary N) is 1. The van der Waals surface area contributed by atoms with Gasteiger partial charge in [-0.25, -0.2) is 15.0 Å². The predicted molar refractivity (Wildman–Crippen MR) is 190 cm³/mol. The number of imidazole rings is 1. The first kappa shape index (κ1) is 35.6. The van der Waals surface area contributed by atoms with Crippen LogP contribution in [0.4, 0.5) is 13.2 Å². The minimum absolute atomic E-state index is 0.0184. The number of hydrogen-bond donors (Lipinski definition) is 1. The molecule has 4 aromatic rings. The molecule has 50 heavy (non-hydrogen) atoms. The third kappa shape index (κ3) is 7.96. The maximum absolute atomic E-state index is 13.6. The molecule has 0 radical (unpaired) electrons. The lowest BCUT2D eigenvalue weighted by Gasteiger charge is -2.24. The molecule has 4 heterocycles. The largest absolute Gasteiger partial charge is 0.416 e. The van der Waals surface area contributed by atoms with Gasteiger partial charge in [-0.15, -0.1) is 0 Å². The molecule has 272 valence electrons. The summed E-state index contributed by atoms with van der Waals surface area (Å²) in [7, 11) is -1.30. The number of alkyl halides is 3. The Labute approximate surface area is 293 Å². The molecule has 13 heteroatoms. The number of unbranched alkanes of at least 4 members (excludes halogenated alkanes) is 1. The van der Waals surface area contributed by atoms with Gasteiger partial charge in [-0.3, -0.25) is 0 Å². The van der Waals surface area contributed by atoms with Crippen LogP contribution in [0.25, 0.3) is 22.1 Å². The highest BCUT2D eigenvalue weighted by Crippen LogP contribution is 2.47. The Kier molecular flexibility index (Phi) is 9.92. The van der Waals surface area contributed by atoms with E-state index in [1.807, 2.05) is 18.4 Å². The van der Waals surface area contributed by atoms with E-state index in [0.717, 1.165) is 79.4 Å². The molecular formula is C37H51F3N6O3Si. The van der Waals surface area contributed by atoms with E-state index in [4.69, 9.17) is 24.2 Å². The molecule has 4 atom stereocenters. The van der Waals surface area contributed by atoms with Gasteiger partial charge >= 0.3 is 6.18 Å². The van der Waals surface area contributed by atoms with Crippen LogP contribution in [0, 0.1) is 11.8 Å². The zero-order valence-corrected chi connectivity index (χ0v) is 30.9. The first-order valence-electron chi connectivity index (χ1n) is 18.3. The quantitative estimate of drug-likeness (QED) is 0.0996. The summed E-state index contributed by atoms with van der Waals surface area (Å²) in [5.74, 6) is 1.14. The van der Waals surface area contributed by atoms with Crippen molar-refractivity contribution in [1.29, 1.82) is 0 Å². The molecule has 3 aromatic heterocycles. The average Bonchev–Trinajstić information content (AvgIpc) is 3.35. The monoisotopic (exact) mass is 712 g/mol. The van der Waals surface area contributed by atoms with Gasteiger partial charge in [-0.2, -0.15) is 13.2 Å². The van der Waals surface area contributed by atoms with Crippen LogP contribution in [0.3, 0.4) is 0 Å². The van der Waals surface area contributed by atoms with E-state index in [1.54, 1.807) is 6.33 Å². The second-order valence-electron chi connectivity index (χ2n) is 16.2. The maximum Gasteiger partial charge on any atom is 0.416 e. The molecule has 0 bridgehead atoms. The van der Waals surface area contributed by atoms with E-state index in [9.17, 15) is 13.2 Å². The summed E-state index contributed by atoms with van der Waals surface area (Å²) in [5, 5.41) is 4.81. The van der Waals surface area contributed by atoms with Gasteiger partial charge in [-0.1, -0.05) is 19.6 Å². The van der Waals surface area contributed by atoms with E-state index in [2.05, 4.69) is 46.8 Å². The van der Waals surface area contributed by atoms with Crippen molar-refractivity contribution in [3.8, 4) is 0 Å². The number of nitrogens with zero attached hydrogens (tertiary/aromatic N) is 5. The third-order valence-corrected chi connectivity index (χ3v) is 12.2. The van der Waals surface area contributed by atoms with E-state index >= 15 is 0 Å². The topological polar surface area (TPSA) is 88.2 Å². The summed E-state index contributed by atoms with van der Waals surface area (Å²) in [6.07, 6.45) is 6.28. The second kappa shape index (κ2) is 13.9. The van der Waals surface area contributed by atoms with Crippen molar-refractivity contribution in [3.63, 3.8) is 0 Å². The molecule has 3 unspecified atom stereocenters.